The Kier molecular flexibility index (Phi) is 5.49. The van der Waals surface area contributed by atoms with Crippen LogP contribution in [0.3, 0.4) is 0 Å². The van der Waals surface area contributed by atoms with Crippen LogP contribution in [0.15, 0.2) is 24.3 Å². The molecule has 20 heavy (non-hydrogen) atoms. The number of carbonyl (C=O) groups is 2. The third-order valence-electron chi connectivity index (χ3n) is 2.74. The van der Waals surface area contributed by atoms with E-state index in [4.69, 9.17) is 9.84 Å². The number of amides is 1. The van der Waals surface area contributed by atoms with E-state index in [2.05, 4.69) is 5.32 Å². The molecule has 0 bridgehead atoms. The zero-order chi connectivity index (χ0) is 15.3. The van der Waals surface area contributed by atoms with Crippen molar-refractivity contribution in [2.75, 3.05) is 0 Å². The quantitative estimate of drug-likeness (QED) is 0.835. The van der Waals surface area contributed by atoms with Gasteiger partial charge in [-0.15, -0.1) is 0 Å². The van der Waals surface area contributed by atoms with E-state index in [1.807, 2.05) is 0 Å². The number of aliphatic carboxylic acids is 1. The van der Waals surface area contributed by atoms with Crippen LogP contribution in [0.1, 0.15) is 20.8 Å². The third kappa shape index (κ3) is 4.22. The molecule has 0 radical (unpaired) electrons. The molecular weight excluding hydrogens is 265 g/mol. The second-order valence-electron chi connectivity index (χ2n) is 4.76. The van der Waals surface area contributed by atoms with Crippen molar-refractivity contribution >= 4 is 11.9 Å². The maximum absolute atomic E-state index is 13.4. The largest absolute Gasteiger partial charge is 0.480 e. The molecule has 0 aliphatic rings. The molecule has 0 spiro atoms. The van der Waals surface area contributed by atoms with Crippen molar-refractivity contribution < 1.29 is 23.8 Å². The lowest BCUT2D eigenvalue weighted by Crippen LogP contribution is -2.48. The molecule has 0 aromatic heterocycles. The average Bonchev–Trinajstić information content (AvgIpc) is 2.37. The summed E-state index contributed by atoms with van der Waals surface area (Å²) in [5.74, 6) is -2.62. The smallest absolute Gasteiger partial charge is 0.326 e. The standard InChI is InChI=1S/C14H18FNO4/c1-8(2)12(14(18)19)16-13(17)9(3)20-11-7-5-4-6-10(11)15/h4-9,12H,1-3H3,(H,16,17)(H,18,19)/t9?,12-/m0/s1. The highest BCUT2D eigenvalue weighted by atomic mass is 19.1. The molecule has 1 aromatic carbocycles. The first-order valence-electron chi connectivity index (χ1n) is 6.27. The highest BCUT2D eigenvalue weighted by Gasteiger charge is 2.26. The van der Waals surface area contributed by atoms with E-state index in [9.17, 15) is 14.0 Å². The van der Waals surface area contributed by atoms with Gasteiger partial charge in [-0.3, -0.25) is 4.79 Å². The molecule has 0 fully saturated rings. The third-order valence-corrected chi connectivity index (χ3v) is 2.74. The fourth-order valence-electron chi connectivity index (χ4n) is 1.57. The first-order valence-corrected chi connectivity index (χ1v) is 6.27. The monoisotopic (exact) mass is 283 g/mol. The van der Waals surface area contributed by atoms with Gasteiger partial charge in [-0.05, 0) is 25.0 Å². The normalized spacial score (nSPS) is 13.7. The van der Waals surface area contributed by atoms with Crippen LogP contribution in [-0.2, 0) is 9.59 Å². The van der Waals surface area contributed by atoms with Crippen molar-refractivity contribution in [2.24, 2.45) is 5.92 Å². The van der Waals surface area contributed by atoms with Gasteiger partial charge < -0.3 is 15.2 Å². The topological polar surface area (TPSA) is 75.6 Å². The predicted molar refractivity (Wildman–Crippen MR) is 70.9 cm³/mol. The van der Waals surface area contributed by atoms with Gasteiger partial charge in [0, 0.05) is 0 Å². The van der Waals surface area contributed by atoms with Crippen molar-refractivity contribution in [3.8, 4) is 5.75 Å². The number of para-hydroxylation sites is 1. The number of benzene rings is 1. The highest BCUT2D eigenvalue weighted by Crippen LogP contribution is 2.17. The first-order chi connectivity index (χ1) is 9.32. The van der Waals surface area contributed by atoms with Gasteiger partial charge in [0.2, 0.25) is 0 Å². The van der Waals surface area contributed by atoms with Crippen LogP contribution >= 0.6 is 0 Å². The van der Waals surface area contributed by atoms with E-state index in [1.54, 1.807) is 19.9 Å². The van der Waals surface area contributed by atoms with Gasteiger partial charge in [0.15, 0.2) is 17.7 Å². The summed E-state index contributed by atoms with van der Waals surface area (Å²) in [5, 5.41) is 11.4. The van der Waals surface area contributed by atoms with Gasteiger partial charge >= 0.3 is 5.97 Å². The second-order valence-corrected chi connectivity index (χ2v) is 4.76. The van der Waals surface area contributed by atoms with E-state index in [1.165, 1.54) is 25.1 Å². The fraction of sp³-hybridized carbons (Fsp3) is 0.429. The summed E-state index contributed by atoms with van der Waals surface area (Å²) < 4.78 is 18.6. The minimum absolute atomic E-state index is 0.0495. The first kappa shape index (κ1) is 15.9. The lowest BCUT2D eigenvalue weighted by atomic mass is 10.0. The molecule has 1 unspecified atom stereocenters. The van der Waals surface area contributed by atoms with E-state index in [0.29, 0.717) is 0 Å². The van der Waals surface area contributed by atoms with Crippen molar-refractivity contribution in [3.63, 3.8) is 0 Å². The lowest BCUT2D eigenvalue weighted by Gasteiger charge is -2.21. The SMILES string of the molecule is CC(Oc1ccccc1F)C(=O)N[C@H](C(=O)O)C(C)C. The number of nitrogens with one attached hydrogen (secondary N) is 1. The molecule has 6 heteroatoms. The number of hydrogen-bond acceptors (Lipinski definition) is 3. The summed E-state index contributed by atoms with van der Waals surface area (Å²) >= 11 is 0. The number of carbonyl (C=O) groups excluding carboxylic acids is 1. The molecule has 1 amide bonds. The molecule has 1 rings (SSSR count). The van der Waals surface area contributed by atoms with Crippen molar-refractivity contribution in [3.05, 3.63) is 30.1 Å². The summed E-state index contributed by atoms with van der Waals surface area (Å²) in [4.78, 5) is 22.9. The number of ether oxygens (including phenoxy) is 1. The van der Waals surface area contributed by atoms with Crippen LogP contribution in [0.25, 0.3) is 0 Å². The molecule has 0 aliphatic heterocycles. The Bertz CT molecular complexity index is 490. The lowest BCUT2D eigenvalue weighted by molar-refractivity contribution is -0.144. The Labute approximate surface area is 116 Å². The van der Waals surface area contributed by atoms with Crippen LogP contribution in [-0.4, -0.2) is 29.1 Å². The zero-order valence-corrected chi connectivity index (χ0v) is 11.6. The molecule has 1 aromatic rings. The number of halogens is 1. The number of carboxylic acid groups (broad SMARTS) is 1. The average molecular weight is 283 g/mol. The Morgan fingerprint density at radius 1 is 1.25 bits per heavy atom. The van der Waals surface area contributed by atoms with Gasteiger partial charge in [0.05, 0.1) is 0 Å². The Morgan fingerprint density at radius 3 is 2.35 bits per heavy atom. The molecule has 2 atom stereocenters. The number of hydrogen-bond donors (Lipinski definition) is 2. The predicted octanol–water partition coefficient (Wildman–Crippen LogP) is 1.82. The molecule has 110 valence electrons. The molecular formula is C14H18FNO4. The van der Waals surface area contributed by atoms with Crippen molar-refractivity contribution in [1.82, 2.24) is 5.32 Å². The van der Waals surface area contributed by atoms with Gasteiger partial charge in [-0.1, -0.05) is 26.0 Å². The van der Waals surface area contributed by atoms with Crippen LogP contribution in [0.4, 0.5) is 4.39 Å². The van der Waals surface area contributed by atoms with E-state index in [0.717, 1.165) is 0 Å². The Morgan fingerprint density at radius 2 is 1.85 bits per heavy atom. The van der Waals surface area contributed by atoms with Gasteiger partial charge in [0.25, 0.3) is 5.91 Å². The number of carboxylic acids is 1. The van der Waals surface area contributed by atoms with E-state index < -0.39 is 29.8 Å². The maximum atomic E-state index is 13.4. The molecule has 0 saturated carbocycles. The maximum Gasteiger partial charge on any atom is 0.326 e. The number of rotatable bonds is 6. The highest BCUT2D eigenvalue weighted by molar-refractivity contribution is 5.86. The Hall–Kier alpha value is -2.11. The molecule has 0 saturated heterocycles. The van der Waals surface area contributed by atoms with Crippen LogP contribution < -0.4 is 10.1 Å². The summed E-state index contributed by atoms with van der Waals surface area (Å²) in [6.45, 7) is 4.80. The molecule has 5 nitrogen and oxygen atoms in total. The van der Waals surface area contributed by atoms with Crippen molar-refractivity contribution in [1.29, 1.82) is 0 Å². The van der Waals surface area contributed by atoms with E-state index in [-0.39, 0.29) is 11.7 Å². The van der Waals surface area contributed by atoms with Crippen molar-refractivity contribution in [2.45, 2.75) is 32.9 Å². The van der Waals surface area contributed by atoms with E-state index >= 15 is 0 Å². The summed E-state index contributed by atoms with van der Waals surface area (Å²) in [6, 6.07) is 4.70. The van der Waals surface area contributed by atoms with Crippen LogP contribution in [0, 0.1) is 11.7 Å². The minimum atomic E-state index is -1.12. The molecule has 2 N–H and O–H groups in total. The summed E-state index contributed by atoms with van der Waals surface area (Å²) in [5.41, 5.74) is 0. The van der Waals surface area contributed by atoms with Gasteiger partial charge in [-0.25, -0.2) is 9.18 Å². The van der Waals surface area contributed by atoms with Crippen LogP contribution in [0.2, 0.25) is 0 Å². The molecule has 0 heterocycles. The molecule has 0 aliphatic carbocycles. The second kappa shape index (κ2) is 6.88. The van der Waals surface area contributed by atoms with Gasteiger partial charge in [-0.2, -0.15) is 0 Å². The fourth-order valence-corrected chi connectivity index (χ4v) is 1.57. The summed E-state index contributed by atoms with van der Waals surface area (Å²) in [7, 11) is 0. The minimum Gasteiger partial charge on any atom is -0.480 e. The zero-order valence-electron chi connectivity index (χ0n) is 11.6. The Balaban J connectivity index is 2.68. The summed E-state index contributed by atoms with van der Waals surface area (Å²) in [6.07, 6.45) is -0.993. The van der Waals surface area contributed by atoms with Gasteiger partial charge in [0.1, 0.15) is 6.04 Å². The van der Waals surface area contributed by atoms with Crippen LogP contribution in [0.5, 0.6) is 5.75 Å².